The van der Waals surface area contributed by atoms with Crippen LogP contribution < -0.4 is 15.5 Å². The SMILES string of the molecule is CCNC(=NCCCN(CC)S(C)(=O)=O)NC(C)c1cccc(N2CCCC2)c1.I. The fourth-order valence-electron chi connectivity index (χ4n) is 3.57. The van der Waals surface area contributed by atoms with Crippen LogP contribution in [0.2, 0.25) is 0 Å². The Morgan fingerprint density at radius 2 is 1.97 bits per heavy atom. The number of sulfonamides is 1. The Morgan fingerprint density at radius 3 is 2.57 bits per heavy atom. The van der Waals surface area contributed by atoms with Crippen LogP contribution in [-0.4, -0.2) is 64.2 Å². The number of nitrogens with one attached hydrogen (secondary N) is 2. The van der Waals surface area contributed by atoms with Gasteiger partial charge in [-0.15, -0.1) is 24.0 Å². The summed E-state index contributed by atoms with van der Waals surface area (Å²) in [6.45, 7) is 10.6. The van der Waals surface area contributed by atoms with E-state index in [1.165, 1.54) is 34.7 Å². The van der Waals surface area contributed by atoms with Crippen LogP contribution in [0.1, 0.15) is 51.6 Å². The number of hydrogen-bond donors (Lipinski definition) is 2. The fourth-order valence-corrected chi connectivity index (χ4v) is 4.50. The molecule has 1 aliphatic rings. The van der Waals surface area contributed by atoms with Gasteiger partial charge >= 0.3 is 0 Å². The number of nitrogens with zero attached hydrogens (tertiary/aromatic N) is 3. The van der Waals surface area contributed by atoms with Crippen molar-refractivity contribution >= 4 is 45.6 Å². The molecule has 0 amide bonds. The van der Waals surface area contributed by atoms with Crippen molar-refractivity contribution in [1.82, 2.24) is 14.9 Å². The number of aliphatic imine (C=N–C) groups is 1. The molecule has 1 aromatic rings. The molecule has 30 heavy (non-hydrogen) atoms. The lowest BCUT2D eigenvalue weighted by Crippen LogP contribution is -2.39. The summed E-state index contributed by atoms with van der Waals surface area (Å²) in [4.78, 5) is 7.07. The van der Waals surface area contributed by atoms with E-state index >= 15 is 0 Å². The van der Waals surface area contributed by atoms with Gasteiger partial charge in [0.25, 0.3) is 0 Å². The lowest BCUT2D eigenvalue weighted by Gasteiger charge is -2.22. The van der Waals surface area contributed by atoms with Crippen LogP contribution in [0.5, 0.6) is 0 Å². The third-order valence-corrected chi connectivity index (χ3v) is 6.57. The summed E-state index contributed by atoms with van der Waals surface area (Å²) in [5.74, 6) is 0.758. The zero-order valence-electron chi connectivity index (χ0n) is 18.7. The Morgan fingerprint density at radius 1 is 1.27 bits per heavy atom. The molecule has 2 rings (SSSR count). The van der Waals surface area contributed by atoms with Gasteiger partial charge in [-0.05, 0) is 50.8 Å². The predicted molar refractivity (Wildman–Crippen MR) is 138 cm³/mol. The Bertz CT molecular complexity index is 766. The molecule has 1 unspecified atom stereocenters. The summed E-state index contributed by atoms with van der Waals surface area (Å²) in [6, 6.07) is 8.83. The molecule has 0 bridgehead atoms. The smallest absolute Gasteiger partial charge is 0.211 e. The van der Waals surface area contributed by atoms with Gasteiger partial charge in [-0.2, -0.15) is 0 Å². The first-order valence-corrected chi connectivity index (χ1v) is 12.5. The van der Waals surface area contributed by atoms with Crippen molar-refractivity contribution < 1.29 is 8.42 Å². The molecule has 2 N–H and O–H groups in total. The van der Waals surface area contributed by atoms with Gasteiger partial charge < -0.3 is 15.5 Å². The molecule has 0 aromatic heterocycles. The average Bonchev–Trinajstić information content (AvgIpc) is 3.22. The highest BCUT2D eigenvalue weighted by molar-refractivity contribution is 14.0. The fraction of sp³-hybridized carbons (Fsp3) is 0.667. The van der Waals surface area contributed by atoms with E-state index in [1.807, 2.05) is 13.8 Å². The van der Waals surface area contributed by atoms with Crippen molar-refractivity contribution in [2.75, 3.05) is 50.4 Å². The van der Waals surface area contributed by atoms with E-state index in [2.05, 4.69) is 51.7 Å². The van der Waals surface area contributed by atoms with Gasteiger partial charge in [0.05, 0.1) is 12.3 Å². The second-order valence-electron chi connectivity index (χ2n) is 7.52. The van der Waals surface area contributed by atoms with Gasteiger partial charge in [0, 0.05) is 45.0 Å². The molecule has 1 heterocycles. The van der Waals surface area contributed by atoms with Gasteiger partial charge in [-0.3, -0.25) is 4.99 Å². The minimum atomic E-state index is -3.14. The van der Waals surface area contributed by atoms with Crippen LogP contribution in [0.15, 0.2) is 29.3 Å². The summed E-state index contributed by atoms with van der Waals surface area (Å²) < 4.78 is 24.8. The minimum Gasteiger partial charge on any atom is -0.372 e. The second-order valence-corrected chi connectivity index (χ2v) is 9.51. The molecule has 1 atom stereocenters. The zero-order valence-corrected chi connectivity index (χ0v) is 21.9. The van der Waals surface area contributed by atoms with Crippen molar-refractivity contribution in [3.05, 3.63) is 29.8 Å². The van der Waals surface area contributed by atoms with E-state index in [-0.39, 0.29) is 30.0 Å². The Balaban J connectivity index is 0.00000450. The third-order valence-electron chi connectivity index (χ3n) is 5.20. The molecule has 1 fully saturated rings. The molecular weight excluding hydrogens is 513 g/mol. The molecule has 1 saturated heterocycles. The van der Waals surface area contributed by atoms with Crippen LogP contribution >= 0.6 is 24.0 Å². The number of anilines is 1. The number of guanidine groups is 1. The van der Waals surface area contributed by atoms with Crippen LogP contribution in [0.4, 0.5) is 5.69 Å². The van der Waals surface area contributed by atoms with Crippen molar-refractivity contribution in [1.29, 1.82) is 0 Å². The Hall–Kier alpha value is -1.07. The van der Waals surface area contributed by atoms with Crippen molar-refractivity contribution in [3.8, 4) is 0 Å². The topological polar surface area (TPSA) is 77.0 Å². The molecule has 0 saturated carbocycles. The van der Waals surface area contributed by atoms with Gasteiger partial charge in [-0.1, -0.05) is 19.1 Å². The van der Waals surface area contributed by atoms with Gasteiger partial charge in [-0.25, -0.2) is 12.7 Å². The number of benzene rings is 1. The summed E-state index contributed by atoms with van der Waals surface area (Å²) in [7, 11) is -3.14. The van der Waals surface area contributed by atoms with Crippen LogP contribution in [0, 0.1) is 0 Å². The van der Waals surface area contributed by atoms with Crippen LogP contribution in [0.3, 0.4) is 0 Å². The van der Waals surface area contributed by atoms with E-state index < -0.39 is 10.0 Å². The highest BCUT2D eigenvalue weighted by Crippen LogP contribution is 2.23. The highest BCUT2D eigenvalue weighted by Gasteiger charge is 2.15. The number of rotatable bonds is 10. The first kappa shape index (κ1) is 27.0. The Kier molecular flexibility index (Phi) is 12.0. The van der Waals surface area contributed by atoms with E-state index in [9.17, 15) is 8.42 Å². The molecule has 7 nitrogen and oxygen atoms in total. The summed E-state index contributed by atoms with van der Waals surface area (Å²) in [6.07, 6.45) is 4.48. The summed E-state index contributed by atoms with van der Waals surface area (Å²) >= 11 is 0. The molecule has 0 aliphatic carbocycles. The lowest BCUT2D eigenvalue weighted by atomic mass is 10.1. The first-order chi connectivity index (χ1) is 13.8. The van der Waals surface area contributed by atoms with Gasteiger partial charge in [0.15, 0.2) is 5.96 Å². The highest BCUT2D eigenvalue weighted by atomic mass is 127. The largest absolute Gasteiger partial charge is 0.372 e. The molecule has 1 aliphatic heterocycles. The second kappa shape index (κ2) is 13.4. The maximum absolute atomic E-state index is 11.7. The van der Waals surface area contributed by atoms with Gasteiger partial charge in [0.2, 0.25) is 10.0 Å². The van der Waals surface area contributed by atoms with E-state index in [0.717, 1.165) is 25.6 Å². The van der Waals surface area contributed by atoms with Gasteiger partial charge in [0.1, 0.15) is 0 Å². The quantitative estimate of drug-likeness (QED) is 0.202. The molecule has 1 aromatic carbocycles. The Labute approximate surface area is 199 Å². The predicted octanol–water partition coefficient (Wildman–Crippen LogP) is 3.19. The van der Waals surface area contributed by atoms with Crippen molar-refractivity contribution in [2.24, 2.45) is 4.99 Å². The van der Waals surface area contributed by atoms with Crippen LogP contribution in [-0.2, 0) is 10.0 Å². The maximum Gasteiger partial charge on any atom is 0.211 e. The summed E-state index contributed by atoms with van der Waals surface area (Å²) in [5.41, 5.74) is 2.52. The summed E-state index contributed by atoms with van der Waals surface area (Å²) in [5, 5.41) is 6.75. The van der Waals surface area contributed by atoms with Crippen molar-refractivity contribution in [2.45, 2.75) is 46.1 Å². The zero-order chi connectivity index (χ0) is 21.3. The van der Waals surface area contributed by atoms with E-state index in [4.69, 9.17) is 0 Å². The number of hydrogen-bond acceptors (Lipinski definition) is 4. The van der Waals surface area contributed by atoms with Crippen LogP contribution in [0.25, 0.3) is 0 Å². The molecular formula is C21H38IN5O2S. The molecule has 172 valence electrons. The normalized spacial score (nSPS) is 15.8. The molecule has 9 heteroatoms. The van der Waals surface area contributed by atoms with E-state index in [0.29, 0.717) is 26.1 Å². The minimum absolute atomic E-state index is 0. The monoisotopic (exact) mass is 551 g/mol. The lowest BCUT2D eigenvalue weighted by molar-refractivity contribution is 0.427. The van der Waals surface area contributed by atoms with Crippen molar-refractivity contribution in [3.63, 3.8) is 0 Å². The first-order valence-electron chi connectivity index (χ1n) is 10.7. The van der Waals surface area contributed by atoms with E-state index in [1.54, 1.807) is 0 Å². The standard InChI is InChI=1S/C21H37N5O2S.HI/c1-5-22-21(23-13-10-16-26(6-2)29(4,27)28)24-18(3)19-11-9-12-20(17-19)25-14-7-8-15-25;/h9,11-12,17-18H,5-8,10,13-16H2,1-4H3,(H2,22,23,24);1H. The average molecular weight is 552 g/mol. The molecule has 0 spiro atoms. The number of halogens is 1. The molecule has 0 radical (unpaired) electrons. The third kappa shape index (κ3) is 8.58. The maximum atomic E-state index is 11.7.